The van der Waals surface area contributed by atoms with E-state index in [0.29, 0.717) is 5.92 Å². The molecular weight excluding hydrogens is 268 g/mol. The standard InChI is InChI=1S/C14H19ClO2S/c1-11-6-8-13(9-7-11)14(10-18(15,16)17)12-4-2-3-5-12/h6-9,12,14H,2-5,10H2,1H3. The van der Waals surface area contributed by atoms with Gasteiger partial charge in [-0.15, -0.1) is 0 Å². The van der Waals surface area contributed by atoms with Crippen LogP contribution in [-0.2, 0) is 9.05 Å². The van der Waals surface area contributed by atoms with Crippen molar-refractivity contribution in [3.63, 3.8) is 0 Å². The van der Waals surface area contributed by atoms with Gasteiger partial charge in [-0.25, -0.2) is 8.42 Å². The van der Waals surface area contributed by atoms with E-state index in [-0.39, 0.29) is 11.7 Å². The minimum atomic E-state index is -3.45. The molecule has 0 heterocycles. The van der Waals surface area contributed by atoms with Gasteiger partial charge in [0.15, 0.2) is 0 Å². The Morgan fingerprint density at radius 3 is 2.28 bits per heavy atom. The van der Waals surface area contributed by atoms with E-state index in [1.807, 2.05) is 31.2 Å². The molecule has 0 aromatic heterocycles. The lowest BCUT2D eigenvalue weighted by Gasteiger charge is -2.22. The number of halogens is 1. The van der Waals surface area contributed by atoms with E-state index in [1.54, 1.807) is 0 Å². The summed E-state index contributed by atoms with van der Waals surface area (Å²) in [5.41, 5.74) is 2.30. The molecule has 0 aliphatic heterocycles. The van der Waals surface area contributed by atoms with Crippen molar-refractivity contribution in [2.45, 2.75) is 38.5 Å². The van der Waals surface area contributed by atoms with Gasteiger partial charge in [0.2, 0.25) is 9.05 Å². The fraction of sp³-hybridized carbons (Fsp3) is 0.571. The Balaban J connectivity index is 2.25. The molecule has 2 rings (SSSR count). The normalized spacial score (nSPS) is 19.0. The Kier molecular flexibility index (Phi) is 4.33. The lowest BCUT2D eigenvalue weighted by molar-refractivity contribution is 0.459. The van der Waals surface area contributed by atoms with Crippen LogP contribution in [0.5, 0.6) is 0 Å². The highest BCUT2D eigenvalue weighted by atomic mass is 35.7. The van der Waals surface area contributed by atoms with Crippen molar-refractivity contribution >= 4 is 19.7 Å². The fourth-order valence-corrected chi connectivity index (χ4v) is 4.19. The third kappa shape index (κ3) is 3.72. The lowest BCUT2D eigenvalue weighted by atomic mass is 9.86. The zero-order chi connectivity index (χ0) is 13.2. The zero-order valence-corrected chi connectivity index (χ0v) is 12.2. The van der Waals surface area contributed by atoms with Crippen molar-refractivity contribution in [3.05, 3.63) is 35.4 Å². The van der Waals surface area contributed by atoms with Crippen LogP contribution >= 0.6 is 10.7 Å². The first-order chi connectivity index (χ1) is 8.46. The number of benzene rings is 1. The molecular formula is C14H19ClO2S. The quantitative estimate of drug-likeness (QED) is 0.788. The van der Waals surface area contributed by atoms with E-state index < -0.39 is 9.05 Å². The van der Waals surface area contributed by atoms with Crippen molar-refractivity contribution in [1.29, 1.82) is 0 Å². The van der Waals surface area contributed by atoms with Gasteiger partial charge in [0.05, 0.1) is 5.75 Å². The Labute approximate surface area is 114 Å². The molecule has 1 fully saturated rings. The summed E-state index contributed by atoms with van der Waals surface area (Å²) in [6.07, 6.45) is 4.64. The average molecular weight is 287 g/mol. The van der Waals surface area contributed by atoms with Gasteiger partial charge in [0.25, 0.3) is 0 Å². The second kappa shape index (κ2) is 5.62. The van der Waals surface area contributed by atoms with Gasteiger partial charge in [-0.3, -0.25) is 0 Å². The highest BCUT2D eigenvalue weighted by molar-refractivity contribution is 8.13. The van der Waals surface area contributed by atoms with Gasteiger partial charge in [-0.05, 0) is 31.2 Å². The Hall–Kier alpha value is -0.540. The highest BCUT2D eigenvalue weighted by Crippen LogP contribution is 2.38. The predicted octanol–water partition coefficient (Wildman–Crippen LogP) is 3.84. The third-order valence-electron chi connectivity index (χ3n) is 3.85. The van der Waals surface area contributed by atoms with Crippen molar-refractivity contribution in [2.75, 3.05) is 5.75 Å². The van der Waals surface area contributed by atoms with Crippen LogP contribution in [0, 0.1) is 12.8 Å². The average Bonchev–Trinajstić information content (AvgIpc) is 2.79. The maximum atomic E-state index is 11.4. The summed E-state index contributed by atoms with van der Waals surface area (Å²) in [4.78, 5) is 0. The molecule has 1 unspecified atom stereocenters. The van der Waals surface area contributed by atoms with Gasteiger partial charge in [0.1, 0.15) is 0 Å². The van der Waals surface area contributed by atoms with Crippen LogP contribution in [-0.4, -0.2) is 14.2 Å². The van der Waals surface area contributed by atoms with Gasteiger partial charge < -0.3 is 0 Å². The van der Waals surface area contributed by atoms with Crippen LogP contribution in [0.25, 0.3) is 0 Å². The summed E-state index contributed by atoms with van der Waals surface area (Å²) < 4.78 is 22.8. The molecule has 1 saturated carbocycles. The molecule has 0 saturated heterocycles. The predicted molar refractivity (Wildman–Crippen MR) is 75.5 cm³/mol. The highest BCUT2D eigenvalue weighted by Gasteiger charge is 2.29. The van der Waals surface area contributed by atoms with E-state index in [9.17, 15) is 8.42 Å². The first-order valence-corrected chi connectivity index (χ1v) is 8.92. The minimum absolute atomic E-state index is 0.0515. The number of aryl methyl sites for hydroxylation is 1. The summed E-state index contributed by atoms with van der Waals surface area (Å²) in [5.74, 6) is 0.569. The second-order valence-electron chi connectivity index (χ2n) is 5.27. The first-order valence-electron chi connectivity index (χ1n) is 6.44. The molecule has 0 radical (unpaired) electrons. The minimum Gasteiger partial charge on any atom is -0.212 e. The number of hydrogen-bond donors (Lipinski definition) is 0. The van der Waals surface area contributed by atoms with Crippen LogP contribution in [0.3, 0.4) is 0 Å². The number of hydrogen-bond acceptors (Lipinski definition) is 2. The van der Waals surface area contributed by atoms with Crippen LogP contribution in [0.1, 0.15) is 42.7 Å². The molecule has 2 nitrogen and oxygen atoms in total. The van der Waals surface area contributed by atoms with E-state index in [0.717, 1.165) is 18.4 Å². The maximum absolute atomic E-state index is 11.4. The van der Waals surface area contributed by atoms with Crippen molar-refractivity contribution in [3.8, 4) is 0 Å². The van der Waals surface area contributed by atoms with Crippen molar-refractivity contribution < 1.29 is 8.42 Å². The van der Waals surface area contributed by atoms with Gasteiger partial charge >= 0.3 is 0 Å². The summed E-state index contributed by atoms with van der Waals surface area (Å²) in [6, 6.07) is 8.16. The molecule has 4 heteroatoms. The molecule has 0 bridgehead atoms. The van der Waals surface area contributed by atoms with E-state index in [2.05, 4.69) is 0 Å². The van der Waals surface area contributed by atoms with E-state index in [1.165, 1.54) is 18.4 Å². The molecule has 1 aliphatic carbocycles. The first kappa shape index (κ1) is 13.9. The van der Waals surface area contributed by atoms with Gasteiger partial charge in [-0.1, -0.05) is 42.7 Å². The molecule has 1 atom stereocenters. The Morgan fingerprint density at radius 1 is 1.22 bits per heavy atom. The molecule has 100 valence electrons. The largest absolute Gasteiger partial charge is 0.233 e. The molecule has 0 amide bonds. The van der Waals surface area contributed by atoms with E-state index in [4.69, 9.17) is 10.7 Å². The van der Waals surface area contributed by atoms with Crippen LogP contribution in [0.4, 0.5) is 0 Å². The monoisotopic (exact) mass is 286 g/mol. The Bertz CT molecular complexity index is 487. The lowest BCUT2D eigenvalue weighted by Crippen LogP contribution is -2.18. The molecule has 1 aromatic carbocycles. The molecule has 0 N–H and O–H groups in total. The third-order valence-corrected chi connectivity index (χ3v) is 4.99. The van der Waals surface area contributed by atoms with E-state index >= 15 is 0 Å². The SMILES string of the molecule is Cc1ccc(C(CS(=O)(=O)Cl)C2CCCC2)cc1. The summed E-state index contributed by atoms with van der Waals surface area (Å²) >= 11 is 0. The van der Waals surface area contributed by atoms with Gasteiger partial charge in [0, 0.05) is 16.6 Å². The topological polar surface area (TPSA) is 34.1 Å². The van der Waals surface area contributed by atoms with Gasteiger partial charge in [-0.2, -0.15) is 0 Å². The van der Waals surface area contributed by atoms with Crippen LogP contribution in [0.15, 0.2) is 24.3 Å². The van der Waals surface area contributed by atoms with Crippen molar-refractivity contribution in [1.82, 2.24) is 0 Å². The fourth-order valence-electron chi connectivity index (χ4n) is 2.89. The van der Waals surface area contributed by atoms with Crippen molar-refractivity contribution in [2.24, 2.45) is 5.92 Å². The number of rotatable bonds is 4. The second-order valence-corrected chi connectivity index (χ2v) is 8.09. The van der Waals surface area contributed by atoms with Crippen LogP contribution in [0.2, 0.25) is 0 Å². The maximum Gasteiger partial charge on any atom is 0.233 e. The molecule has 1 aliphatic rings. The molecule has 18 heavy (non-hydrogen) atoms. The molecule has 0 spiro atoms. The molecule has 1 aromatic rings. The van der Waals surface area contributed by atoms with Crippen LogP contribution < -0.4 is 0 Å². The summed E-state index contributed by atoms with van der Waals surface area (Å²) in [7, 11) is 2.01. The summed E-state index contributed by atoms with van der Waals surface area (Å²) in [6.45, 7) is 2.03. The summed E-state index contributed by atoms with van der Waals surface area (Å²) in [5, 5.41) is 0. The Morgan fingerprint density at radius 2 is 1.78 bits per heavy atom. The smallest absolute Gasteiger partial charge is 0.212 e. The zero-order valence-electron chi connectivity index (χ0n) is 10.6.